The fraction of sp³-hybridized carbons (Fsp3) is 0.457. The van der Waals surface area contributed by atoms with Gasteiger partial charge in [0.25, 0.3) is 5.91 Å². The SMILES string of the molecule is C=CCN(CCC)C(=O)[C@H]1[C@H]2C(=O)N([C@@H](CO)Cc3ccccc3)C(C(=O)N(CC=C)c3ccccc3Cl)C23CC[C@]1(C)O3. The number of hydrogen-bond donors (Lipinski definition) is 1. The monoisotopic (exact) mass is 619 g/mol. The van der Waals surface area contributed by atoms with Gasteiger partial charge < -0.3 is 24.5 Å². The summed E-state index contributed by atoms with van der Waals surface area (Å²) in [6.07, 6.45) is 5.34. The van der Waals surface area contributed by atoms with Crippen molar-refractivity contribution in [2.45, 2.75) is 62.8 Å². The average molecular weight is 620 g/mol. The van der Waals surface area contributed by atoms with Crippen LogP contribution in [-0.4, -0.2) is 82.2 Å². The molecule has 3 saturated heterocycles. The summed E-state index contributed by atoms with van der Waals surface area (Å²) in [6.45, 7) is 12.2. The second-order valence-corrected chi connectivity index (χ2v) is 12.7. The Labute approximate surface area is 264 Å². The lowest BCUT2D eigenvalue weighted by Gasteiger charge is -2.39. The molecule has 2 bridgehead atoms. The van der Waals surface area contributed by atoms with Crippen molar-refractivity contribution in [3.63, 3.8) is 0 Å². The molecule has 9 heteroatoms. The highest BCUT2D eigenvalue weighted by Gasteiger charge is 2.79. The van der Waals surface area contributed by atoms with Crippen LogP contribution in [-0.2, 0) is 25.5 Å². The second-order valence-electron chi connectivity index (χ2n) is 12.3. The molecule has 2 aromatic rings. The van der Waals surface area contributed by atoms with Crippen LogP contribution in [0.25, 0.3) is 0 Å². The van der Waals surface area contributed by atoms with Gasteiger partial charge in [-0.05, 0) is 50.3 Å². The maximum Gasteiger partial charge on any atom is 0.253 e. The van der Waals surface area contributed by atoms with Crippen LogP contribution in [0.15, 0.2) is 79.9 Å². The molecule has 8 nitrogen and oxygen atoms in total. The number of anilines is 1. The largest absolute Gasteiger partial charge is 0.394 e. The second kappa shape index (κ2) is 12.9. The van der Waals surface area contributed by atoms with Crippen LogP contribution in [0.3, 0.4) is 0 Å². The zero-order chi connectivity index (χ0) is 31.6. The minimum Gasteiger partial charge on any atom is -0.394 e. The minimum atomic E-state index is -1.25. The van der Waals surface area contributed by atoms with E-state index in [9.17, 15) is 19.5 Å². The molecule has 0 saturated carbocycles. The molecule has 0 aromatic heterocycles. The van der Waals surface area contributed by atoms with Gasteiger partial charge in [-0.25, -0.2) is 0 Å². The third kappa shape index (κ3) is 5.27. The lowest BCUT2D eigenvalue weighted by atomic mass is 9.66. The van der Waals surface area contributed by atoms with Crippen LogP contribution in [0.4, 0.5) is 5.69 Å². The first-order valence-electron chi connectivity index (χ1n) is 15.4. The van der Waals surface area contributed by atoms with Crippen molar-refractivity contribution >= 4 is 35.0 Å². The molecule has 0 aliphatic carbocycles. The Bertz CT molecular complexity index is 1420. The molecule has 2 unspecified atom stereocenters. The Morgan fingerprint density at radius 1 is 1.09 bits per heavy atom. The van der Waals surface area contributed by atoms with Crippen molar-refractivity contribution < 1.29 is 24.2 Å². The number of ether oxygens (including phenoxy) is 1. The van der Waals surface area contributed by atoms with Gasteiger partial charge in [0, 0.05) is 19.6 Å². The van der Waals surface area contributed by atoms with Gasteiger partial charge in [0.15, 0.2) is 0 Å². The number of nitrogens with zero attached hydrogens (tertiary/aromatic N) is 3. The molecule has 3 aliphatic heterocycles. The van der Waals surface area contributed by atoms with Crippen LogP contribution in [0, 0.1) is 11.8 Å². The number of amides is 3. The van der Waals surface area contributed by atoms with E-state index in [1.165, 1.54) is 9.80 Å². The molecule has 44 heavy (non-hydrogen) atoms. The highest BCUT2D eigenvalue weighted by Crippen LogP contribution is 2.64. The first kappa shape index (κ1) is 31.9. The van der Waals surface area contributed by atoms with E-state index in [-0.39, 0.29) is 30.9 Å². The van der Waals surface area contributed by atoms with Crippen molar-refractivity contribution in [2.24, 2.45) is 11.8 Å². The quantitative estimate of drug-likeness (QED) is 0.330. The molecular formula is C35H42ClN3O5. The number of aliphatic hydroxyl groups is 1. The Morgan fingerprint density at radius 2 is 1.77 bits per heavy atom. The lowest BCUT2D eigenvalue weighted by Crippen LogP contribution is -2.59. The number of likely N-dealkylation sites (tertiary alicyclic amines) is 1. The maximum atomic E-state index is 14.9. The summed E-state index contributed by atoms with van der Waals surface area (Å²) in [7, 11) is 0. The van der Waals surface area contributed by atoms with Crippen molar-refractivity contribution in [3.05, 3.63) is 90.5 Å². The molecule has 6 atom stereocenters. The van der Waals surface area contributed by atoms with Gasteiger partial charge in [-0.3, -0.25) is 14.4 Å². The Morgan fingerprint density at radius 3 is 2.41 bits per heavy atom. The predicted molar refractivity (Wildman–Crippen MR) is 171 cm³/mol. The molecule has 3 amide bonds. The van der Waals surface area contributed by atoms with Crippen molar-refractivity contribution in [3.8, 4) is 0 Å². The molecular weight excluding hydrogens is 578 g/mol. The summed E-state index contributed by atoms with van der Waals surface area (Å²) >= 11 is 6.60. The van der Waals surface area contributed by atoms with E-state index >= 15 is 0 Å². The maximum absolute atomic E-state index is 14.9. The molecule has 1 N–H and O–H groups in total. The number of hydrogen-bond acceptors (Lipinski definition) is 5. The third-order valence-corrected chi connectivity index (χ3v) is 9.83. The zero-order valence-corrected chi connectivity index (χ0v) is 26.3. The smallest absolute Gasteiger partial charge is 0.253 e. The highest BCUT2D eigenvalue weighted by molar-refractivity contribution is 6.34. The molecule has 5 rings (SSSR count). The number of carbonyl (C=O) groups is 3. The molecule has 2 aromatic carbocycles. The molecule has 3 aliphatic rings. The van der Waals surface area contributed by atoms with Gasteiger partial charge in [-0.2, -0.15) is 0 Å². The van der Waals surface area contributed by atoms with E-state index in [2.05, 4.69) is 13.2 Å². The summed E-state index contributed by atoms with van der Waals surface area (Å²) in [4.78, 5) is 48.8. The zero-order valence-electron chi connectivity index (χ0n) is 25.5. The summed E-state index contributed by atoms with van der Waals surface area (Å²) in [6, 6.07) is 14.8. The first-order valence-corrected chi connectivity index (χ1v) is 15.8. The number of benzene rings is 2. The summed E-state index contributed by atoms with van der Waals surface area (Å²) in [5.41, 5.74) is -0.766. The number of rotatable bonds is 13. The Hall–Kier alpha value is -3.46. The fourth-order valence-electron chi connectivity index (χ4n) is 7.72. The molecule has 0 radical (unpaired) electrons. The van der Waals surface area contributed by atoms with Crippen LogP contribution in [0.5, 0.6) is 0 Å². The number of carbonyl (C=O) groups excluding carboxylic acids is 3. The van der Waals surface area contributed by atoms with E-state index in [0.717, 1.165) is 12.0 Å². The van der Waals surface area contributed by atoms with E-state index < -0.39 is 35.1 Å². The van der Waals surface area contributed by atoms with Gasteiger partial charge in [0.05, 0.1) is 40.8 Å². The number of halogens is 1. The van der Waals surface area contributed by atoms with Gasteiger partial charge in [-0.1, -0.05) is 73.1 Å². The predicted octanol–water partition coefficient (Wildman–Crippen LogP) is 4.65. The van der Waals surface area contributed by atoms with E-state index in [4.69, 9.17) is 16.3 Å². The Balaban J connectivity index is 1.64. The van der Waals surface area contributed by atoms with E-state index in [0.29, 0.717) is 43.1 Å². The van der Waals surface area contributed by atoms with Crippen LogP contribution in [0.2, 0.25) is 5.02 Å². The van der Waals surface area contributed by atoms with Crippen LogP contribution in [0.1, 0.15) is 38.7 Å². The van der Waals surface area contributed by atoms with E-state index in [1.54, 1.807) is 41.3 Å². The highest BCUT2D eigenvalue weighted by atomic mass is 35.5. The average Bonchev–Trinajstić information content (AvgIpc) is 3.59. The molecule has 234 valence electrons. The Kier molecular flexibility index (Phi) is 9.35. The summed E-state index contributed by atoms with van der Waals surface area (Å²) < 4.78 is 6.86. The van der Waals surface area contributed by atoms with E-state index in [1.807, 2.05) is 44.2 Å². The number of para-hydroxylation sites is 1. The standard InChI is InChI=1S/C35H42ClN3O5/c1-5-19-37(20-6-2)31(41)28-29-32(42)39(25(23-40)22-24-13-9-8-10-14-24)30(35(29)18-17-34(28,4)44-35)33(43)38(21-7-3)27-16-12-11-15-26(27)36/h5,7-16,25,28-30,40H,1,3,6,17-23H2,2,4H3/t25-,28-,29+,30?,34+,35?/m1/s1. The van der Waals surface area contributed by atoms with Crippen molar-refractivity contribution in [1.82, 2.24) is 9.80 Å². The number of fused-ring (bicyclic) bond motifs is 1. The van der Waals surface area contributed by atoms with Gasteiger partial charge in [0.2, 0.25) is 11.8 Å². The fourth-order valence-corrected chi connectivity index (χ4v) is 7.96. The van der Waals surface area contributed by atoms with Gasteiger partial charge in [0.1, 0.15) is 11.6 Å². The normalized spacial score (nSPS) is 27.6. The first-order chi connectivity index (χ1) is 21.2. The molecule has 3 fully saturated rings. The van der Waals surface area contributed by atoms with Crippen molar-refractivity contribution in [1.29, 1.82) is 0 Å². The van der Waals surface area contributed by atoms with Gasteiger partial charge >= 0.3 is 0 Å². The summed E-state index contributed by atoms with van der Waals surface area (Å²) in [5.74, 6) is -2.55. The molecule has 1 spiro atoms. The van der Waals surface area contributed by atoms with Gasteiger partial charge in [-0.15, -0.1) is 13.2 Å². The number of aliphatic hydroxyl groups excluding tert-OH is 1. The van der Waals surface area contributed by atoms with Crippen molar-refractivity contribution in [2.75, 3.05) is 31.1 Å². The minimum absolute atomic E-state index is 0.146. The van der Waals surface area contributed by atoms with Crippen LogP contribution >= 0.6 is 11.6 Å². The molecule has 3 heterocycles. The lowest BCUT2D eigenvalue weighted by molar-refractivity contribution is -0.152. The summed E-state index contributed by atoms with van der Waals surface area (Å²) in [5, 5.41) is 11.2. The third-order valence-electron chi connectivity index (χ3n) is 9.51. The van der Waals surface area contributed by atoms with Crippen LogP contribution < -0.4 is 4.90 Å². The topological polar surface area (TPSA) is 90.4 Å².